The minimum atomic E-state index is -4.42. The third-order valence-electron chi connectivity index (χ3n) is 6.03. The lowest BCUT2D eigenvalue weighted by Gasteiger charge is -2.52. The van der Waals surface area contributed by atoms with Crippen molar-refractivity contribution in [2.75, 3.05) is 0 Å². The average molecular weight is 335 g/mol. The lowest BCUT2D eigenvalue weighted by Crippen LogP contribution is -2.41. The highest BCUT2D eigenvalue weighted by atomic mass is 19.4. The summed E-state index contributed by atoms with van der Waals surface area (Å²) in [6.07, 6.45) is 1.07. The number of alkyl halides is 3. The van der Waals surface area contributed by atoms with Crippen LogP contribution in [-0.2, 0) is 11.0 Å². The van der Waals surface area contributed by atoms with Gasteiger partial charge in [0.25, 0.3) is 0 Å². The number of allylic oxidation sites excluding steroid dienone is 1. The summed E-state index contributed by atoms with van der Waals surface area (Å²) in [4.78, 5) is 12.2. The molecule has 0 aliphatic heterocycles. The van der Waals surface area contributed by atoms with Crippen LogP contribution in [0.2, 0.25) is 0 Å². The Morgan fingerprint density at radius 3 is 2.08 bits per heavy atom. The molecule has 4 aliphatic rings. The van der Waals surface area contributed by atoms with Gasteiger partial charge in [-0.3, -0.25) is 4.79 Å². The Morgan fingerprint density at radius 1 is 1.00 bits per heavy atom. The lowest BCUT2D eigenvalue weighted by atomic mass is 9.53. The fourth-order valence-electron chi connectivity index (χ4n) is 5.40. The zero-order chi connectivity index (χ0) is 17.1. The molecular weight excluding hydrogens is 315 g/mol. The van der Waals surface area contributed by atoms with Crippen molar-refractivity contribution in [3.05, 3.63) is 41.0 Å². The van der Waals surface area contributed by atoms with Gasteiger partial charge in [0.1, 0.15) is 0 Å². The molecule has 4 saturated carbocycles. The smallest absolute Gasteiger partial charge is 0.366 e. The summed E-state index contributed by atoms with van der Waals surface area (Å²) in [7, 11) is 0. The number of carbonyl (C=O) groups is 1. The van der Waals surface area contributed by atoms with Gasteiger partial charge in [-0.05, 0) is 73.5 Å². The van der Waals surface area contributed by atoms with E-state index in [4.69, 9.17) is 5.73 Å². The van der Waals surface area contributed by atoms with Crippen molar-refractivity contribution < 1.29 is 18.0 Å². The van der Waals surface area contributed by atoms with Gasteiger partial charge >= 0.3 is 6.18 Å². The number of rotatable bonds is 2. The van der Waals surface area contributed by atoms with Gasteiger partial charge in [0.05, 0.1) is 5.56 Å². The molecule has 4 bridgehead atoms. The second-order valence-electron chi connectivity index (χ2n) is 7.58. The van der Waals surface area contributed by atoms with Crippen LogP contribution in [0.4, 0.5) is 13.2 Å². The number of primary amides is 1. The molecule has 5 rings (SSSR count). The third kappa shape index (κ3) is 2.54. The Bertz CT molecular complexity index is 690. The van der Waals surface area contributed by atoms with Crippen molar-refractivity contribution in [2.24, 2.45) is 29.4 Å². The van der Waals surface area contributed by atoms with Gasteiger partial charge in [0.15, 0.2) is 0 Å². The van der Waals surface area contributed by atoms with Gasteiger partial charge in [0, 0.05) is 5.57 Å². The highest BCUT2D eigenvalue weighted by Gasteiger charge is 2.46. The molecule has 2 nitrogen and oxygen atoms in total. The minimum Gasteiger partial charge on any atom is -0.366 e. The normalized spacial score (nSPS) is 31.4. The molecule has 5 heteroatoms. The van der Waals surface area contributed by atoms with Gasteiger partial charge in [-0.15, -0.1) is 0 Å². The van der Waals surface area contributed by atoms with E-state index in [-0.39, 0.29) is 0 Å². The van der Waals surface area contributed by atoms with Gasteiger partial charge in [0.2, 0.25) is 5.91 Å². The standard InChI is InChI=1S/C19H20F3NO/c20-19(21,22)15-3-1-2-12(9-15)17(18(23)24)16-13-5-10-4-11(7-13)8-14(16)6-10/h1-3,9-11,13-14H,4-8H2,(H2,23,24). The Balaban J connectivity index is 1.82. The minimum absolute atomic E-state index is 0.318. The molecule has 0 radical (unpaired) electrons. The molecule has 0 spiro atoms. The maximum Gasteiger partial charge on any atom is 0.416 e. The first-order chi connectivity index (χ1) is 11.3. The molecule has 0 atom stereocenters. The molecule has 4 fully saturated rings. The summed E-state index contributed by atoms with van der Waals surface area (Å²) >= 11 is 0. The van der Waals surface area contributed by atoms with Crippen molar-refractivity contribution in [2.45, 2.75) is 38.3 Å². The van der Waals surface area contributed by atoms with E-state index < -0.39 is 17.6 Å². The van der Waals surface area contributed by atoms with E-state index in [9.17, 15) is 18.0 Å². The Morgan fingerprint density at radius 2 is 1.58 bits per heavy atom. The predicted octanol–water partition coefficient (Wildman–Crippen LogP) is 4.40. The molecular formula is C19H20F3NO. The van der Waals surface area contributed by atoms with Crippen LogP contribution in [0, 0.1) is 23.7 Å². The molecule has 128 valence electrons. The number of amides is 1. The van der Waals surface area contributed by atoms with Crippen LogP contribution < -0.4 is 5.73 Å². The third-order valence-corrected chi connectivity index (χ3v) is 6.03. The quantitative estimate of drug-likeness (QED) is 0.800. The predicted molar refractivity (Wildman–Crippen MR) is 84.6 cm³/mol. The molecule has 4 aliphatic carbocycles. The average Bonchev–Trinajstić information content (AvgIpc) is 2.49. The number of carbonyl (C=O) groups excluding carboxylic acids is 1. The number of nitrogens with two attached hydrogens (primary N) is 1. The number of benzene rings is 1. The maximum absolute atomic E-state index is 13.0. The summed E-state index contributed by atoms with van der Waals surface area (Å²) in [6, 6.07) is 5.03. The van der Waals surface area contributed by atoms with Crippen LogP contribution in [0.15, 0.2) is 29.8 Å². The van der Waals surface area contributed by atoms with Crippen LogP contribution >= 0.6 is 0 Å². The first-order valence-electron chi connectivity index (χ1n) is 8.54. The maximum atomic E-state index is 13.0. The van der Waals surface area contributed by atoms with Crippen LogP contribution in [-0.4, -0.2) is 5.91 Å². The van der Waals surface area contributed by atoms with E-state index in [1.54, 1.807) is 6.07 Å². The molecule has 0 saturated heterocycles. The van der Waals surface area contributed by atoms with Gasteiger partial charge in [-0.25, -0.2) is 0 Å². The topological polar surface area (TPSA) is 43.1 Å². The highest BCUT2D eigenvalue weighted by Crippen LogP contribution is 2.57. The van der Waals surface area contributed by atoms with E-state index in [1.807, 2.05) is 0 Å². The number of hydrogen-bond acceptors (Lipinski definition) is 1. The van der Waals surface area contributed by atoms with E-state index in [2.05, 4.69) is 0 Å². The first kappa shape index (κ1) is 15.7. The van der Waals surface area contributed by atoms with Gasteiger partial charge in [-0.2, -0.15) is 13.2 Å². The van der Waals surface area contributed by atoms with Crippen LogP contribution in [0.5, 0.6) is 0 Å². The molecule has 1 aromatic rings. The molecule has 0 unspecified atom stereocenters. The summed E-state index contributed by atoms with van der Waals surface area (Å²) in [6.45, 7) is 0. The summed E-state index contributed by atoms with van der Waals surface area (Å²) in [5.41, 5.74) is 6.59. The molecule has 0 heterocycles. The molecule has 1 amide bonds. The van der Waals surface area contributed by atoms with Crippen LogP contribution in [0.3, 0.4) is 0 Å². The highest BCUT2D eigenvalue weighted by molar-refractivity contribution is 6.20. The second-order valence-corrected chi connectivity index (χ2v) is 7.58. The lowest BCUT2D eigenvalue weighted by molar-refractivity contribution is -0.137. The van der Waals surface area contributed by atoms with E-state index in [1.165, 1.54) is 12.5 Å². The second kappa shape index (κ2) is 5.36. The zero-order valence-corrected chi connectivity index (χ0v) is 13.3. The Labute approximate surface area is 138 Å². The first-order valence-corrected chi connectivity index (χ1v) is 8.54. The fraction of sp³-hybridized carbons (Fsp3) is 0.526. The van der Waals surface area contributed by atoms with Crippen LogP contribution in [0.1, 0.15) is 43.2 Å². The van der Waals surface area contributed by atoms with Crippen LogP contribution in [0.25, 0.3) is 5.57 Å². The van der Waals surface area contributed by atoms with Crippen molar-refractivity contribution >= 4 is 11.5 Å². The molecule has 2 N–H and O–H groups in total. The summed E-state index contributed by atoms with van der Waals surface area (Å²) in [5.74, 6) is 1.46. The van der Waals surface area contributed by atoms with Crippen molar-refractivity contribution in [1.29, 1.82) is 0 Å². The zero-order valence-electron chi connectivity index (χ0n) is 13.3. The van der Waals surface area contributed by atoms with E-state index >= 15 is 0 Å². The van der Waals surface area contributed by atoms with Crippen molar-refractivity contribution in [3.8, 4) is 0 Å². The SMILES string of the molecule is NC(=O)C(=C1C2CC3CC(C2)CC1C3)c1cccc(C(F)(F)F)c1. The summed E-state index contributed by atoms with van der Waals surface area (Å²) in [5, 5.41) is 0. The monoisotopic (exact) mass is 335 g/mol. The summed E-state index contributed by atoms with van der Waals surface area (Å²) < 4.78 is 39.1. The number of halogens is 3. The molecule has 24 heavy (non-hydrogen) atoms. The van der Waals surface area contributed by atoms with Gasteiger partial charge < -0.3 is 5.73 Å². The largest absolute Gasteiger partial charge is 0.416 e. The van der Waals surface area contributed by atoms with E-state index in [0.29, 0.717) is 34.8 Å². The fourth-order valence-corrected chi connectivity index (χ4v) is 5.40. The Kier molecular flexibility index (Phi) is 3.52. The molecule has 0 aromatic heterocycles. The van der Waals surface area contributed by atoms with Crippen molar-refractivity contribution in [3.63, 3.8) is 0 Å². The van der Waals surface area contributed by atoms with E-state index in [0.717, 1.165) is 43.4 Å². The number of hydrogen-bond donors (Lipinski definition) is 1. The van der Waals surface area contributed by atoms with Crippen molar-refractivity contribution in [1.82, 2.24) is 0 Å². The Hall–Kier alpha value is -1.78. The van der Waals surface area contributed by atoms with Gasteiger partial charge in [-0.1, -0.05) is 17.7 Å². The molecule has 1 aromatic carbocycles.